The summed E-state index contributed by atoms with van der Waals surface area (Å²) in [5.41, 5.74) is 1.18. The van der Waals surface area contributed by atoms with Crippen LogP contribution in [0, 0.1) is 0 Å². The van der Waals surface area contributed by atoms with Crippen LogP contribution in [0.2, 0.25) is 0 Å². The molecule has 0 amide bonds. The summed E-state index contributed by atoms with van der Waals surface area (Å²) in [6, 6.07) is 1.92. The predicted octanol–water partition coefficient (Wildman–Crippen LogP) is 3.59. The zero-order valence-corrected chi connectivity index (χ0v) is 14.5. The molecule has 3 aromatic heterocycles. The molecule has 0 saturated carbocycles. The third-order valence-corrected chi connectivity index (χ3v) is 4.41. The Morgan fingerprint density at radius 2 is 2.04 bits per heavy atom. The van der Waals surface area contributed by atoms with Gasteiger partial charge in [-0.25, -0.2) is 14.6 Å². The first-order valence-corrected chi connectivity index (χ1v) is 8.36. The minimum atomic E-state index is 0.0638. The highest BCUT2D eigenvalue weighted by molar-refractivity contribution is 7.09. The molecule has 0 bridgehead atoms. The quantitative estimate of drug-likeness (QED) is 0.792. The molecule has 0 radical (unpaired) electrons. The van der Waals surface area contributed by atoms with Gasteiger partial charge in [-0.1, -0.05) is 20.8 Å². The highest BCUT2D eigenvalue weighted by Crippen LogP contribution is 2.28. The SMILES string of the molecule is C[C@@H](Nc1cncc(-n2cccn2)n1)c1nc(C(C)(C)C)cs1. The molecule has 3 rings (SSSR count). The normalized spacial score (nSPS) is 13.0. The van der Waals surface area contributed by atoms with Crippen molar-refractivity contribution in [3.8, 4) is 5.82 Å². The van der Waals surface area contributed by atoms with E-state index in [-0.39, 0.29) is 11.5 Å². The molecular weight excluding hydrogens is 308 g/mol. The molecule has 0 aliphatic rings. The summed E-state index contributed by atoms with van der Waals surface area (Å²) in [6.07, 6.45) is 6.95. The number of thiazole rings is 1. The maximum absolute atomic E-state index is 4.74. The van der Waals surface area contributed by atoms with Gasteiger partial charge in [-0.15, -0.1) is 11.3 Å². The first-order chi connectivity index (χ1) is 10.9. The van der Waals surface area contributed by atoms with Crippen LogP contribution in [0.15, 0.2) is 36.2 Å². The van der Waals surface area contributed by atoms with E-state index in [9.17, 15) is 0 Å². The topological polar surface area (TPSA) is 68.5 Å². The van der Waals surface area contributed by atoms with Crippen LogP contribution in [-0.4, -0.2) is 24.7 Å². The molecule has 0 spiro atoms. The number of anilines is 1. The monoisotopic (exact) mass is 328 g/mol. The van der Waals surface area contributed by atoms with Crippen molar-refractivity contribution in [3.05, 3.63) is 46.9 Å². The Morgan fingerprint density at radius 1 is 1.22 bits per heavy atom. The lowest BCUT2D eigenvalue weighted by Crippen LogP contribution is -2.13. The summed E-state index contributed by atoms with van der Waals surface area (Å²) < 4.78 is 1.68. The Balaban J connectivity index is 1.76. The van der Waals surface area contributed by atoms with Gasteiger partial charge in [-0.3, -0.25) is 4.98 Å². The summed E-state index contributed by atoms with van der Waals surface area (Å²) in [7, 11) is 0. The molecule has 0 unspecified atom stereocenters. The second-order valence-corrected chi connectivity index (χ2v) is 7.29. The molecule has 23 heavy (non-hydrogen) atoms. The number of hydrogen-bond acceptors (Lipinski definition) is 6. The van der Waals surface area contributed by atoms with Gasteiger partial charge in [0.1, 0.15) is 10.8 Å². The van der Waals surface area contributed by atoms with E-state index in [0.717, 1.165) is 10.7 Å². The van der Waals surface area contributed by atoms with E-state index in [1.165, 1.54) is 0 Å². The van der Waals surface area contributed by atoms with Gasteiger partial charge < -0.3 is 5.32 Å². The third kappa shape index (κ3) is 3.56. The van der Waals surface area contributed by atoms with Gasteiger partial charge in [0, 0.05) is 23.2 Å². The molecule has 3 heterocycles. The van der Waals surface area contributed by atoms with Gasteiger partial charge in [0.2, 0.25) is 0 Å². The van der Waals surface area contributed by atoms with Crippen molar-refractivity contribution in [3.63, 3.8) is 0 Å². The highest BCUT2D eigenvalue weighted by atomic mass is 32.1. The average Bonchev–Trinajstić information content (AvgIpc) is 3.19. The molecule has 7 heteroatoms. The summed E-state index contributed by atoms with van der Waals surface area (Å²) in [4.78, 5) is 13.5. The summed E-state index contributed by atoms with van der Waals surface area (Å²) >= 11 is 1.67. The van der Waals surface area contributed by atoms with E-state index in [2.05, 4.69) is 53.5 Å². The first kappa shape index (κ1) is 15.6. The Hall–Kier alpha value is -2.28. The Labute approximate surface area is 139 Å². The van der Waals surface area contributed by atoms with Crippen molar-refractivity contribution >= 4 is 17.2 Å². The van der Waals surface area contributed by atoms with Crippen LogP contribution in [0.4, 0.5) is 5.82 Å². The van der Waals surface area contributed by atoms with Crippen LogP contribution < -0.4 is 5.32 Å². The van der Waals surface area contributed by atoms with Gasteiger partial charge in [0.15, 0.2) is 5.82 Å². The van der Waals surface area contributed by atoms with Crippen LogP contribution in [0.5, 0.6) is 0 Å². The molecule has 0 aliphatic heterocycles. The summed E-state index contributed by atoms with van der Waals surface area (Å²) in [6.45, 7) is 8.59. The van der Waals surface area contributed by atoms with Crippen molar-refractivity contribution in [1.82, 2.24) is 24.7 Å². The number of hydrogen-bond donors (Lipinski definition) is 1. The van der Waals surface area contributed by atoms with Crippen molar-refractivity contribution in [2.24, 2.45) is 0 Å². The van der Waals surface area contributed by atoms with Gasteiger partial charge in [0.25, 0.3) is 0 Å². The lowest BCUT2D eigenvalue weighted by molar-refractivity contribution is 0.569. The lowest BCUT2D eigenvalue weighted by Gasteiger charge is -2.15. The number of rotatable bonds is 4. The minimum Gasteiger partial charge on any atom is -0.360 e. The zero-order valence-electron chi connectivity index (χ0n) is 13.7. The molecule has 0 fully saturated rings. The largest absolute Gasteiger partial charge is 0.360 e. The van der Waals surface area contributed by atoms with E-state index in [1.807, 2.05) is 12.3 Å². The fourth-order valence-electron chi connectivity index (χ4n) is 2.05. The Bertz CT molecular complexity index is 772. The first-order valence-electron chi connectivity index (χ1n) is 7.48. The summed E-state index contributed by atoms with van der Waals surface area (Å²) in [5, 5.41) is 10.7. The van der Waals surface area contributed by atoms with E-state index in [0.29, 0.717) is 11.6 Å². The van der Waals surface area contributed by atoms with Crippen LogP contribution in [-0.2, 0) is 5.41 Å². The van der Waals surface area contributed by atoms with Crippen molar-refractivity contribution in [1.29, 1.82) is 0 Å². The molecule has 3 aromatic rings. The van der Waals surface area contributed by atoms with Gasteiger partial charge in [-0.05, 0) is 13.0 Å². The van der Waals surface area contributed by atoms with Crippen LogP contribution in [0.25, 0.3) is 5.82 Å². The van der Waals surface area contributed by atoms with Crippen molar-refractivity contribution in [2.45, 2.75) is 39.2 Å². The third-order valence-electron chi connectivity index (χ3n) is 3.39. The number of nitrogens with zero attached hydrogens (tertiary/aromatic N) is 5. The smallest absolute Gasteiger partial charge is 0.173 e. The zero-order chi connectivity index (χ0) is 16.4. The molecule has 0 aliphatic carbocycles. The molecule has 0 aromatic carbocycles. The molecule has 0 saturated heterocycles. The fraction of sp³-hybridized carbons (Fsp3) is 0.375. The van der Waals surface area contributed by atoms with Crippen molar-refractivity contribution in [2.75, 3.05) is 5.32 Å². The maximum Gasteiger partial charge on any atom is 0.173 e. The second-order valence-electron chi connectivity index (χ2n) is 6.40. The van der Waals surface area contributed by atoms with E-state index in [4.69, 9.17) is 4.98 Å². The predicted molar refractivity (Wildman–Crippen MR) is 92.0 cm³/mol. The van der Waals surface area contributed by atoms with Gasteiger partial charge in [-0.2, -0.15) is 5.10 Å². The second kappa shape index (κ2) is 6.08. The Morgan fingerprint density at radius 3 is 2.70 bits per heavy atom. The fourth-order valence-corrected chi connectivity index (χ4v) is 3.11. The minimum absolute atomic E-state index is 0.0638. The molecule has 1 N–H and O–H groups in total. The number of nitrogens with one attached hydrogen (secondary N) is 1. The van der Waals surface area contributed by atoms with Crippen LogP contribution in [0.1, 0.15) is 44.4 Å². The molecule has 1 atom stereocenters. The average molecular weight is 328 g/mol. The standard InChI is InChI=1S/C16H20N6S/c1-11(15-20-12(10-23-15)16(2,3)4)19-13-8-17-9-14(21-13)22-7-5-6-18-22/h5-11H,1-4H3,(H,19,21)/t11-/m1/s1. The van der Waals surface area contributed by atoms with E-state index < -0.39 is 0 Å². The highest BCUT2D eigenvalue weighted by Gasteiger charge is 2.19. The van der Waals surface area contributed by atoms with E-state index >= 15 is 0 Å². The van der Waals surface area contributed by atoms with Crippen molar-refractivity contribution < 1.29 is 0 Å². The number of aromatic nitrogens is 5. The van der Waals surface area contributed by atoms with Crippen LogP contribution in [0.3, 0.4) is 0 Å². The van der Waals surface area contributed by atoms with Gasteiger partial charge in [0.05, 0.1) is 24.1 Å². The molecular formula is C16H20N6S. The van der Waals surface area contributed by atoms with Crippen LogP contribution >= 0.6 is 11.3 Å². The lowest BCUT2D eigenvalue weighted by atomic mass is 9.93. The van der Waals surface area contributed by atoms with Gasteiger partial charge >= 0.3 is 0 Å². The maximum atomic E-state index is 4.74. The Kier molecular flexibility index (Phi) is 4.12. The molecule has 6 nitrogen and oxygen atoms in total. The van der Waals surface area contributed by atoms with E-state index in [1.54, 1.807) is 34.6 Å². The summed E-state index contributed by atoms with van der Waals surface area (Å²) in [5.74, 6) is 1.39. The molecule has 120 valence electrons.